The van der Waals surface area contributed by atoms with Gasteiger partial charge in [-0.25, -0.2) is 9.69 Å². The van der Waals surface area contributed by atoms with Gasteiger partial charge in [-0.15, -0.1) is 0 Å². The summed E-state index contributed by atoms with van der Waals surface area (Å²) < 4.78 is 0. The molecule has 0 fully saturated rings. The Kier molecular flexibility index (Phi) is 4.40. The Morgan fingerprint density at radius 1 is 0.759 bits per heavy atom. The largest absolute Gasteiger partial charge is 0.478 e. The van der Waals surface area contributed by atoms with Gasteiger partial charge in [0.1, 0.15) is 0 Å². The van der Waals surface area contributed by atoms with Crippen LogP contribution in [-0.2, 0) is 0 Å². The number of rotatable bonds is 4. The van der Waals surface area contributed by atoms with E-state index in [1.54, 1.807) is 36.4 Å². The summed E-state index contributed by atoms with van der Waals surface area (Å²) in [6.45, 7) is 0. The third-order valence-corrected chi connectivity index (χ3v) is 4.53. The maximum atomic E-state index is 12.8. The molecule has 142 valence electrons. The van der Waals surface area contributed by atoms with Crippen LogP contribution in [0.25, 0.3) is 0 Å². The Balaban J connectivity index is 1.64. The Hall–Kier alpha value is -4.26. The molecule has 7 heteroatoms. The highest BCUT2D eigenvalue weighted by Gasteiger charge is 2.37. The van der Waals surface area contributed by atoms with E-state index >= 15 is 0 Å². The molecule has 7 nitrogen and oxygen atoms in total. The van der Waals surface area contributed by atoms with Crippen molar-refractivity contribution >= 4 is 35.1 Å². The number of nitrogens with zero attached hydrogens (tertiary/aromatic N) is 1. The van der Waals surface area contributed by atoms with Crippen molar-refractivity contribution in [1.82, 2.24) is 0 Å². The van der Waals surface area contributed by atoms with Crippen LogP contribution in [0.4, 0.5) is 11.4 Å². The SMILES string of the molecule is O=C(O)c1cccc(N2C(=O)c3ccc(NC(=O)c4ccccc4)cc3C2=O)c1. The average molecular weight is 386 g/mol. The second kappa shape index (κ2) is 7.05. The molecule has 0 radical (unpaired) electrons. The van der Waals surface area contributed by atoms with Crippen molar-refractivity contribution in [2.45, 2.75) is 0 Å². The molecule has 0 unspecified atom stereocenters. The molecule has 0 spiro atoms. The van der Waals surface area contributed by atoms with Gasteiger partial charge in [-0.3, -0.25) is 14.4 Å². The highest BCUT2D eigenvalue weighted by molar-refractivity contribution is 6.34. The zero-order valence-corrected chi connectivity index (χ0v) is 15.0. The number of anilines is 2. The Morgan fingerprint density at radius 3 is 2.17 bits per heavy atom. The quantitative estimate of drug-likeness (QED) is 0.669. The van der Waals surface area contributed by atoms with E-state index in [-0.39, 0.29) is 28.3 Å². The van der Waals surface area contributed by atoms with Crippen molar-refractivity contribution in [1.29, 1.82) is 0 Å². The van der Waals surface area contributed by atoms with Gasteiger partial charge in [0.25, 0.3) is 17.7 Å². The minimum absolute atomic E-state index is 0.0325. The van der Waals surface area contributed by atoms with Crippen molar-refractivity contribution in [2.75, 3.05) is 10.2 Å². The van der Waals surface area contributed by atoms with Gasteiger partial charge in [0.2, 0.25) is 0 Å². The molecule has 4 rings (SSSR count). The van der Waals surface area contributed by atoms with E-state index in [4.69, 9.17) is 5.11 Å². The van der Waals surface area contributed by atoms with E-state index in [1.165, 1.54) is 36.4 Å². The Labute approximate surface area is 165 Å². The molecule has 1 aliphatic heterocycles. The van der Waals surface area contributed by atoms with Crippen LogP contribution < -0.4 is 10.2 Å². The number of fused-ring (bicyclic) bond motifs is 1. The van der Waals surface area contributed by atoms with Crippen molar-refractivity contribution in [3.05, 3.63) is 95.1 Å². The first-order valence-electron chi connectivity index (χ1n) is 8.68. The van der Waals surface area contributed by atoms with Crippen molar-refractivity contribution in [3.8, 4) is 0 Å². The fraction of sp³-hybridized carbons (Fsp3) is 0. The van der Waals surface area contributed by atoms with Gasteiger partial charge in [0.05, 0.1) is 22.4 Å². The first kappa shape index (κ1) is 18.1. The fourth-order valence-electron chi connectivity index (χ4n) is 3.12. The van der Waals surface area contributed by atoms with Gasteiger partial charge in [0, 0.05) is 11.3 Å². The van der Waals surface area contributed by atoms with Gasteiger partial charge in [-0.1, -0.05) is 24.3 Å². The summed E-state index contributed by atoms with van der Waals surface area (Å²) in [5.74, 6) is -2.63. The highest BCUT2D eigenvalue weighted by Crippen LogP contribution is 2.30. The van der Waals surface area contributed by atoms with Crippen LogP contribution in [-0.4, -0.2) is 28.8 Å². The van der Waals surface area contributed by atoms with Gasteiger partial charge in [0.15, 0.2) is 0 Å². The highest BCUT2D eigenvalue weighted by atomic mass is 16.4. The average Bonchev–Trinajstić information content (AvgIpc) is 2.98. The lowest BCUT2D eigenvalue weighted by molar-refractivity contribution is 0.0695. The standard InChI is InChI=1S/C22H14N2O5/c25-19(13-5-2-1-3-6-13)23-15-9-10-17-18(12-15)21(27)24(20(17)26)16-8-4-7-14(11-16)22(28)29/h1-12H,(H,23,25)(H,28,29). The lowest BCUT2D eigenvalue weighted by atomic mass is 10.1. The molecular weight excluding hydrogens is 372 g/mol. The van der Waals surface area contributed by atoms with Crippen molar-refractivity contribution in [2.24, 2.45) is 0 Å². The molecule has 0 aromatic heterocycles. The molecule has 2 N–H and O–H groups in total. The van der Waals surface area contributed by atoms with E-state index < -0.39 is 17.8 Å². The summed E-state index contributed by atoms with van der Waals surface area (Å²) in [6.07, 6.45) is 0. The predicted octanol–water partition coefficient (Wildman–Crippen LogP) is 3.44. The third kappa shape index (κ3) is 3.25. The summed E-state index contributed by atoms with van der Waals surface area (Å²) in [5.41, 5.74) is 1.30. The number of imide groups is 1. The molecule has 0 aliphatic carbocycles. The number of carbonyl (C=O) groups is 4. The number of nitrogens with one attached hydrogen (secondary N) is 1. The van der Waals surface area contributed by atoms with Crippen LogP contribution in [0.2, 0.25) is 0 Å². The third-order valence-electron chi connectivity index (χ3n) is 4.53. The fourth-order valence-corrected chi connectivity index (χ4v) is 3.12. The van der Waals surface area contributed by atoms with Crippen LogP contribution in [0.5, 0.6) is 0 Å². The predicted molar refractivity (Wildman–Crippen MR) is 105 cm³/mol. The number of amides is 3. The van der Waals surface area contributed by atoms with E-state index in [0.717, 1.165) is 4.90 Å². The number of carbonyl (C=O) groups excluding carboxylic acids is 3. The zero-order valence-electron chi connectivity index (χ0n) is 15.0. The van der Waals surface area contributed by atoms with Crippen LogP contribution in [0.3, 0.4) is 0 Å². The molecule has 0 saturated carbocycles. The molecule has 1 aliphatic rings. The maximum absolute atomic E-state index is 12.8. The topological polar surface area (TPSA) is 104 Å². The maximum Gasteiger partial charge on any atom is 0.335 e. The molecule has 0 atom stereocenters. The molecule has 29 heavy (non-hydrogen) atoms. The van der Waals surface area contributed by atoms with Crippen LogP contribution in [0.15, 0.2) is 72.8 Å². The smallest absolute Gasteiger partial charge is 0.335 e. The number of benzene rings is 3. The van der Waals surface area contributed by atoms with Gasteiger partial charge in [-0.2, -0.15) is 0 Å². The molecule has 1 heterocycles. The monoisotopic (exact) mass is 386 g/mol. The summed E-state index contributed by atoms with van der Waals surface area (Å²) in [7, 11) is 0. The number of hydrogen-bond acceptors (Lipinski definition) is 4. The molecule has 3 aromatic rings. The second-order valence-corrected chi connectivity index (χ2v) is 6.38. The molecule has 3 aromatic carbocycles. The summed E-state index contributed by atoms with van der Waals surface area (Å²) in [6, 6.07) is 18.7. The van der Waals surface area contributed by atoms with Crippen LogP contribution in [0.1, 0.15) is 41.4 Å². The van der Waals surface area contributed by atoms with E-state index in [1.807, 2.05) is 0 Å². The van der Waals surface area contributed by atoms with Gasteiger partial charge >= 0.3 is 5.97 Å². The molecular formula is C22H14N2O5. The Bertz CT molecular complexity index is 1170. The van der Waals surface area contributed by atoms with Gasteiger partial charge < -0.3 is 10.4 Å². The molecule has 3 amide bonds. The molecule has 0 saturated heterocycles. The van der Waals surface area contributed by atoms with Crippen molar-refractivity contribution < 1.29 is 24.3 Å². The summed E-state index contributed by atoms with van der Waals surface area (Å²) in [4.78, 5) is 50.0. The normalized spacial score (nSPS) is 12.6. The molecule has 0 bridgehead atoms. The first-order valence-corrected chi connectivity index (χ1v) is 8.68. The number of aromatic carboxylic acids is 1. The van der Waals surface area contributed by atoms with E-state index in [0.29, 0.717) is 11.3 Å². The lowest BCUT2D eigenvalue weighted by Gasteiger charge is -2.14. The first-order chi connectivity index (χ1) is 14.0. The number of hydrogen-bond donors (Lipinski definition) is 2. The summed E-state index contributed by atoms with van der Waals surface area (Å²) in [5, 5.41) is 11.8. The van der Waals surface area contributed by atoms with E-state index in [2.05, 4.69) is 5.32 Å². The summed E-state index contributed by atoms with van der Waals surface area (Å²) >= 11 is 0. The number of carboxylic acids is 1. The minimum Gasteiger partial charge on any atom is -0.478 e. The van der Waals surface area contributed by atoms with Crippen LogP contribution >= 0.6 is 0 Å². The van der Waals surface area contributed by atoms with Crippen molar-refractivity contribution in [3.63, 3.8) is 0 Å². The van der Waals surface area contributed by atoms with Crippen LogP contribution in [0, 0.1) is 0 Å². The Morgan fingerprint density at radius 2 is 1.45 bits per heavy atom. The minimum atomic E-state index is -1.16. The van der Waals surface area contributed by atoms with E-state index in [9.17, 15) is 19.2 Å². The second-order valence-electron chi connectivity index (χ2n) is 6.38. The zero-order chi connectivity index (χ0) is 20.5. The number of carboxylic acid groups (broad SMARTS) is 1. The lowest BCUT2D eigenvalue weighted by Crippen LogP contribution is -2.29. The van der Waals surface area contributed by atoms with Gasteiger partial charge in [-0.05, 0) is 48.5 Å².